The Morgan fingerprint density at radius 1 is 0.960 bits per heavy atom. The molecule has 0 unspecified atom stereocenters. The highest BCUT2D eigenvalue weighted by Gasteiger charge is 2.49. The molecule has 0 fully saturated rings. The summed E-state index contributed by atoms with van der Waals surface area (Å²) in [5, 5.41) is 14.5. The van der Waals surface area contributed by atoms with Gasteiger partial charge in [0.15, 0.2) is 5.60 Å². The van der Waals surface area contributed by atoms with Crippen molar-refractivity contribution in [1.29, 1.82) is 0 Å². The molecule has 50 heavy (non-hydrogen) atoms. The molecule has 0 bridgehead atoms. The summed E-state index contributed by atoms with van der Waals surface area (Å²) in [4.78, 5) is 52.0. The Hall–Kier alpha value is -3.68. The van der Waals surface area contributed by atoms with Gasteiger partial charge in [-0.1, -0.05) is 75.7 Å². The average Bonchev–Trinajstić information content (AvgIpc) is 3.06. The lowest BCUT2D eigenvalue weighted by Crippen LogP contribution is -2.57. The van der Waals surface area contributed by atoms with E-state index in [0.29, 0.717) is 36.4 Å². The third-order valence-electron chi connectivity index (χ3n) is 8.21. The molecular formula is C40H62N2O8. The second-order valence-corrected chi connectivity index (χ2v) is 13.8. The van der Waals surface area contributed by atoms with Gasteiger partial charge in [-0.15, -0.1) is 5.92 Å². The van der Waals surface area contributed by atoms with Crippen LogP contribution in [0.4, 0.5) is 0 Å². The molecule has 0 spiro atoms. The fourth-order valence-electron chi connectivity index (χ4n) is 5.33. The normalized spacial score (nSPS) is 13.8. The van der Waals surface area contributed by atoms with Crippen molar-refractivity contribution < 1.29 is 38.5 Å². The van der Waals surface area contributed by atoms with Gasteiger partial charge in [0.2, 0.25) is 11.8 Å². The largest absolute Gasteiger partial charge is 0.481 e. The van der Waals surface area contributed by atoms with E-state index in [2.05, 4.69) is 24.1 Å². The molecule has 0 saturated carbocycles. The second-order valence-electron chi connectivity index (χ2n) is 13.8. The molecule has 0 aliphatic carbocycles. The van der Waals surface area contributed by atoms with Crippen LogP contribution >= 0.6 is 0 Å². The summed E-state index contributed by atoms with van der Waals surface area (Å²) in [5.41, 5.74) is 3.20. The van der Waals surface area contributed by atoms with Crippen molar-refractivity contribution in [2.45, 2.75) is 142 Å². The molecule has 0 heterocycles. The Labute approximate surface area is 300 Å². The van der Waals surface area contributed by atoms with Crippen LogP contribution in [0.3, 0.4) is 0 Å². The van der Waals surface area contributed by atoms with Crippen molar-refractivity contribution in [3.63, 3.8) is 0 Å². The van der Waals surface area contributed by atoms with Crippen LogP contribution in [0.1, 0.15) is 124 Å². The Morgan fingerprint density at radius 2 is 1.58 bits per heavy atom. The third kappa shape index (κ3) is 18.4. The molecule has 3 atom stereocenters. The molecule has 10 heteroatoms. The van der Waals surface area contributed by atoms with E-state index in [4.69, 9.17) is 19.9 Å². The topological polar surface area (TPSA) is 154 Å². The van der Waals surface area contributed by atoms with E-state index in [1.165, 1.54) is 32.4 Å². The number of ether oxygens (including phenoxy) is 3. The number of carbonyl (C=O) groups excluding carboxylic acids is 4. The van der Waals surface area contributed by atoms with Crippen molar-refractivity contribution >= 4 is 23.6 Å². The molecule has 280 valence electrons. The minimum Gasteiger partial charge on any atom is -0.481 e. The first-order chi connectivity index (χ1) is 23.8. The molecule has 0 aliphatic rings. The number of esters is 1. The second kappa shape index (κ2) is 24.5. The summed E-state index contributed by atoms with van der Waals surface area (Å²) >= 11 is 0. The van der Waals surface area contributed by atoms with Crippen LogP contribution in [0.25, 0.3) is 0 Å². The van der Waals surface area contributed by atoms with Crippen LogP contribution in [0, 0.1) is 17.8 Å². The fourth-order valence-corrected chi connectivity index (χ4v) is 5.33. The Morgan fingerprint density at radius 3 is 2.14 bits per heavy atom. The van der Waals surface area contributed by atoms with Gasteiger partial charge >= 0.3 is 5.97 Å². The lowest BCUT2D eigenvalue weighted by Gasteiger charge is -2.35. The van der Waals surface area contributed by atoms with E-state index in [1.807, 2.05) is 0 Å². The number of ketones is 1. The molecule has 2 amide bonds. The van der Waals surface area contributed by atoms with E-state index in [0.717, 1.165) is 38.5 Å². The number of Topliss-reactive ketones (excluding diaryl/α,β-unsaturated/α-hetero) is 1. The first kappa shape index (κ1) is 44.3. The minimum atomic E-state index is -2.29. The highest BCUT2D eigenvalue weighted by molar-refractivity contribution is 5.94. The Bertz CT molecular complexity index is 1260. The zero-order valence-electron chi connectivity index (χ0n) is 31.3. The summed E-state index contributed by atoms with van der Waals surface area (Å²) in [6.45, 7) is 9.13. The highest BCUT2D eigenvalue weighted by Crippen LogP contribution is 2.29. The van der Waals surface area contributed by atoms with Crippen molar-refractivity contribution in [3.05, 3.63) is 42.0 Å². The third-order valence-corrected chi connectivity index (χ3v) is 8.21. The van der Waals surface area contributed by atoms with Crippen molar-refractivity contribution in [2.75, 3.05) is 20.3 Å². The zero-order valence-corrected chi connectivity index (χ0v) is 31.3. The van der Waals surface area contributed by atoms with E-state index < -0.39 is 40.9 Å². The van der Waals surface area contributed by atoms with Crippen LogP contribution < -0.4 is 15.8 Å². The molecule has 1 rings (SSSR count). The molecule has 0 radical (unpaired) electrons. The first-order valence-electron chi connectivity index (χ1n) is 18.1. The van der Waals surface area contributed by atoms with Gasteiger partial charge in [-0.2, -0.15) is 0 Å². The average molecular weight is 699 g/mol. The van der Waals surface area contributed by atoms with E-state index in [1.54, 1.807) is 58.0 Å². The number of amides is 2. The standard InChI is InChI=1S/C40H62N2O8/c1-7-9-11-14-17-20-32(43)21-18-15-12-13-16-19-22-34(40(47,27-29-48-6)38(46)50-39(3,4)5)37(45)42-35(36(41)44)30-31-23-25-33(26-24-31)49-28-10-8-2/h19,22-26,34-35,47H,7,9,11-18,20-21,27-30H2,1-6H3,(H2,41,44)(H,42,45)/b22-19+/t34-,35+,40+/m1/s1. The lowest BCUT2D eigenvalue weighted by atomic mass is 9.82. The van der Waals surface area contributed by atoms with Gasteiger partial charge in [0.25, 0.3) is 0 Å². The maximum absolute atomic E-state index is 13.9. The molecule has 4 N–H and O–H groups in total. The molecule has 1 aromatic carbocycles. The molecule has 10 nitrogen and oxygen atoms in total. The Kier molecular flexibility index (Phi) is 21.7. The monoisotopic (exact) mass is 698 g/mol. The van der Waals surface area contributed by atoms with Crippen LogP contribution in [-0.4, -0.2) is 66.2 Å². The SMILES string of the molecule is CC#CCOc1ccc(C[C@H](NC(=O)[C@@H](/C=C/CCCCCCC(=O)CCCCCCC)[C@@](O)(CCOC)C(=O)OC(C)(C)C)C(N)=O)cc1. The van der Waals surface area contributed by atoms with Gasteiger partial charge < -0.3 is 30.4 Å². The van der Waals surface area contributed by atoms with Crippen molar-refractivity contribution in [3.8, 4) is 17.6 Å². The lowest BCUT2D eigenvalue weighted by molar-refractivity contribution is -0.185. The number of hydrogen-bond donors (Lipinski definition) is 3. The number of carbonyl (C=O) groups is 4. The summed E-state index contributed by atoms with van der Waals surface area (Å²) in [5.74, 6) is 2.61. The summed E-state index contributed by atoms with van der Waals surface area (Å²) in [7, 11) is 1.43. The van der Waals surface area contributed by atoms with E-state index >= 15 is 0 Å². The number of primary amides is 1. The number of methoxy groups -OCH3 is 1. The number of nitrogens with two attached hydrogens (primary N) is 1. The van der Waals surface area contributed by atoms with Crippen LogP contribution in [0.15, 0.2) is 36.4 Å². The van der Waals surface area contributed by atoms with Crippen LogP contribution in [0.5, 0.6) is 5.75 Å². The number of unbranched alkanes of at least 4 members (excludes halogenated alkanes) is 8. The molecule has 0 saturated heterocycles. The number of hydrogen-bond acceptors (Lipinski definition) is 8. The number of nitrogens with one attached hydrogen (secondary N) is 1. The van der Waals surface area contributed by atoms with Gasteiger partial charge in [-0.25, -0.2) is 4.79 Å². The first-order valence-corrected chi connectivity index (χ1v) is 18.1. The summed E-state index contributed by atoms with van der Waals surface area (Å²) < 4.78 is 16.3. The maximum Gasteiger partial charge on any atom is 0.339 e. The van der Waals surface area contributed by atoms with Gasteiger partial charge in [0.05, 0.1) is 5.92 Å². The van der Waals surface area contributed by atoms with Crippen LogP contribution in [-0.2, 0) is 35.1 Å². The smallest absolute Gasteiger partial charge is 0.339 e. The number of aliphatic hydroxyl groups is 1. The van der Waals surface area contributed by atoms with E-state index in [-0.39, 0.29) is 26.1 Å². The van der Waals surface area contributed by atoms with Gasteiger partial charge in [0.1, 0.15) is 29.8 Å². The zero-order chi connectivity index (χ0) is 37.4. The number of rotatable bonds is 26. The quantitative estimate of drug-likeness (QED) is 0.0451. The van der Waals surface area contributed by atoms with Gasteiger partial charge in [0, 0.05) is 39.4 Å². The maximum atomic E-state index is 13.9. The van der Waals surface area contributed by atoms with Crippen LogP contribution in [0.2, 0.25) is 0 Å². The molecule has 0 aliphatic heterocycles. The Balaban J connectivity index is 3.02. The summed E-state index contributed by atoms with van der Waals surface area (Å²) in [6.07, 6.45) is 14.1. The summed E-state index contributed by atoms with van der Waals surface area (Å²) in [6, 6.07) is 5.86. The van der Waals surface area contributed by atoms with Crippen molar-refractivity contribution in [2.24, 2.45) is 11.7 Å². The molecular weight excluding hydrogens is 636 g/mol. The number of benzene rings is 1. The van der Waals surface area contributed by atoms with Gasteiger partial charge in [-0.3, -0.25) is 14.4 Å². The minimum absolute atomic E-state index is 0.0255. The van der Waals surface area contributed by atoms with Crippen molar-refractivity contribution in [1.82, 2.24) is 5.32 Å². The van der Waals surface area contributed by atoms with Gasteiger partial charge in [-0.05, 0) is 71.1 Å². The molecule has 1 aromatic rings. The van der Waals surface area contributed by atoms with E-state index in [9.17, 15) is 24.3 Å². The highest BCUT2D eigenvalue weighted by atomic mass is 16.6. The molecule has 0 aromatic heterocycles. The fraction of sp³-hybridized carbons (Fsp3) is 0.650. The predicted molar refractivity (Wildman–Crippen MR) is 196 cm³/mol. The number of allylic oxidation sites excluding steroid dienone is 1. The predicted octanol–water partition coefficient (Wildman–Crippen LogP) is 6.15.